The lowest BCUT2D eigenvalue weighted by Gasteiger charge is -2.23. The minimum atomic E-state index is -0.137. The number of carbonyl (C=O) groups is 1. The van der Waals surface area contributed by atoms with Gasteiger partial charge in [0.15, 0.2) is 0 Å². The molecular formula is C15H19NO2. The fourth-order valence-corrected chi connectivity index (χ4v) is 3.28. The minimum Gasteiger partial charge on any atom is -0.394 e. The molecule has 1 N–H and O–H groups in total. The van der Waals surface area contributed by atoms with Gasteiger partial charge in [-0.2, -0.15) is 0 Å². The largest absolute Gasteiger partial charge is 0.394 e. The van der Waals surface area contributed by atoms with Crippen LogP contribution in [0.2, 0.25) is 0 Å². The van der Waals surface area contributed by atoms with E-state index in [1.807, 2.05) is 35.2 Å². The highest BCUT2D eigenvalue weighted by molar-refractivity contribution is 5.88. The molecule has 1 spiro atoms. The molecule has 18 heavy (non-hydrogen) atoms. The molecule has 1 aliphatic heterocycles. The number of hydrogen-bond donors (Lipinski definition) is 1. The third-order valence-electron chi connectivity index (χ3n) is 4.59. The van der Waals surface area contributed by atoms with Crippen molar-refractivity contribution < 1.29 is 9.90 Å². The van der Waals surface area contributed by atoms with Crippen LogP contribution in [-0.2, 0) is 11.3 Å². The number of aliphatic hydroxyl groups is 1. The average Bonchev–Trinajstić information content (AvgIpc) is 2.97. The van der Waals surface area contributed by atoms with Crippen molar-refractivity contribution in [2.75, 3.05) is 6.61 Å². The Kier molecular flexibility index (Phi) is 2.67. The van der Waals surface area contributed by atoms with Crippen molar-refractivity contribution in [1.29, 1.82) is 0 Å². The van der Waals surface area contributed by atoms with E-state index in [0.29, 0.717) is 12.5 Å². The SMILES string of the molecule is C[C@@H]1CC12CC(CO)N(Cc1ccccc1)C2=O. The van der Waals surface area contributed by atoms with Gasteiger partial charge in [-0.05, 0) is 24.3 Å². The number of nitrogens with zero attached hydrogens (tertiary/aromatic N) is 1. The van der Waals surface area contributed by atoms with Gasteiger partial charge in [0.2, 0.25) is 5.91 Å². The van der Waals surface area contributed by atoms with Crippen LogP contribution in [0.1, 0.15) is 25.3 Å². The number of rotatable bonds is 3. The molecule has 3 heteroatoms. The summed E-state index contributed by atoms with van der Waals surface area (Å²) in [5, 5.41) is 9.48. The zero-order chi connectivity index (χ0) is 12.8. The van der Waals surface area contributed by atoms with Crippen molar-refractivity contribution in [3.05, 3.63) is 35.9 Å². The van der Waals surface area contributed by atoms with Crippen LogP contribution in [0.3, 0.4) is 0 Å². The summed E-state index contributed by atoms with van der Waals surface area (Å²) in [5.74, 6) is 0.734. The van der Waals surface area contributed by atoms with Crippen LogP contribution in [0.15, 0.2) is 30.3 Å². The summed E-state index contributed by atoms with van der Waals surface area (Å²) in [4.78, 5) is 14.4. The molecule has 2 unspecified atom stereocenters. The first kappa shape index (κ1) is 11.7. The Morgan fingerprint density at radius 3 is 2.56 bits per heavy atom. The summed E-state index contributed by atoms with van der Waals surface area (Å²) < 4.78 is 0. The van der Waals surface area contributed by atoms with E-state index in [1.54, 1.807) is 0 Å². The van der Waals surface area contributed by atoms with Gasteiger partial charge in [-0.15, -0.1) is 0 Å². The van der Waals surface area contributed by atoms with Gasteiger partial charge >= 0.3 is 0 Å². The lowest BCUT2D eigenvalue weighted by Crippen LogP contribution is -2.35. The number of likely N-dealkylation sites (tertiary alicyclic amines) is 1. The second-order valence-electron chi connectivity index (χ2n) is 5.72. The monoisotopic (exact) mass is 245 g/mol. The van der Waals surface area contributed by atoms with Gasteiger partial charge < -0.3 is 10.0 Å². The van der Waals surface area contributed by atoms with Gasteiger partial charge in [0.25, 0.3) is 0 Å². The molecule has 1 aliphatic carbocycles. The van der Waals surface area contributed by atoms with Crippen LogP contribution in [0.5, 0.6) is 0 Å². The smallest absolute Gasteiger partial charge is 0.229 e. The van der Waals surface area contributed by atoms with E-state index in [1.165, 1.54) is 0 Å². The van der Waals surface area contributed by atoms with Crippen molar-refractivity contribution in [3.8, 4) is 0 Å². The zero-order valence-electron chi connectivity index (χ0n) is 10.7. The third-order valence-corrected chi connectivity index (χ3v) is 4.59. The van der Waals surface area contributed by atoms with Crippen LogP contribution >= 0.6 is 0 Å². The highest BCUT2D eigenvalue weighted by Crippen LogP contribution is 2.60. The third kappa shape index (κ3) is 1.65. The van der Waals surface area contributed by atoms with Crippen LogP contribution in [0.25, 0.3) is 0 Å². The molecule has 1 amide bonds. The predicted octanol–water partition coefficient (Wildman–Crippen LogP) is 1.81. The van der Waals surface area contributed by atoms with E-state index >= 15 is 0 Å². The molecule has 1 saturated heterocycles. The van der Waals surface area contributed by atoms with Crippen molar-refractivity contribution in [3.63, 3.8) is 0 Å². The van der Waals surface area contributed by atoms with Gasteiger partial charge in [-0.3, -0.25) is 4.79 Å². The van der Waals surface area contributed by atoms with E-state index in [0.717, 1.165) is 18.4 Å². The van der Waals surface area contributed by atoms with E-state index in [-0.39, 0.29) is 24.0 Å². The van der Waals surface area contributed by atoms with Gasteiger partial charge in [0.05, 0.1) is 18.1 Å². The number of carbonyl (C=O) groups excluding carboxylic acids is 1. The molecule has 1 saturated carbocycles. The molecule has 0 radical (unpaired) electrons. The highest BCUT2D eigenvalue weighted by Gasteiger charge is 2.64. The quantitative estimate of drug-likeness (QED) is 0.882. The van der Waals surface area contributed by atoms with E-state index in [9.17, 15) is 9.90 Å². The predicted molar refractivity (Wildman–Crippen MR) is 68.7 cm³/mol. The molecule has 2 aliphatic rings. The van der Waals surface area contributed by atoms with Gasteiger partial charge in [0.1, 0.15) is 0 Å². The molecule has 3 atom stereocenters. The topological polar surface area (TPSA) is 40.5 Å². The standard InChI is InChI=1S/C15H19NO2/c1-11-7-15(11)8-13(10-17)16(14(15)18)9-12-5-3-2-4-6-12/h2-6,11,13,17H,7-10H2,1H3/t11-,13?,15?/m1/s1. The summed E-state index contributed by atoms with van der Waals surface area (Å²) in [5.41, 5.74) is 0.997. The van der Waals surface area contributed by atoms with Crippen LogP contribution in [0, 0.1) is 11.3 Å². The minimum absolute atomic E-state index is 0.00246. The first-order chi connectivity index (χ1) is 8.67. The number of amides is 1. The summed E-state index contributed by atoms with van der Waals surface area (Å²) in [6, 6.07) is 10.0. The second kappa shape index (κ2) is 4.09. The number of aliphatic hydroxyl groups excluding tert-OH is 1. The molecule has 0 aromatic heterocycles. The zero-order valence-corrected chi connectivity index (χ0v) is 10.7. The van der Waals surface area contributed by atoms with Crippen molar-refractivity contribution in [2.45, 2.75) is 32.4 Å². The van der Waals surface area contributed by atoms with Crippen LogP contribution < -0.4 is 0 Å². The Hall–Kier alpha value is -1.35. The maximum absolute atomic E-state index is 12.5. The van der Waals surface area contributed by atoms with Gasteiger partial charge in [-0.25, -0.2) is 0 Å². The molecule has 1 aromatic rings. The van der Waals surface area contributed by atoms with E-state index < -0.39 is 0 Å². The molecule has 3 rings (SSSR count). The van der Waals surface area contributed by atoms with Crippen molar-refractivity contribution in [2.24, 2.45) is 11.3 Å². The Labute approximate surface area is 107 Å². The van der Waals surface area contributed by atoms with Gasteiger partial charge in [0, 0.05) is 6.54 Å². The van der Waals surface area contributed by atoms with Crippen LogP contribution in [-0.4, -0.2) is 28.6 Å². The normalized spacial score (nSPS) is 34.3. The lowest BCUT2D eigenvalue weighted by molar-refractivity contribution is -0.134. The molecule has 3 nitrogen and oxygen atoms in total. The molecular weight excluding hydrogens is 226 g/mol. The Morgan fingerprint density at radius 2 is 2.00 bits per heavy atom. The fraction of sp³-hybridized carbons (Fsp3) is 0.533. The van der Waals surface area contributed by atoms with Gasteiger partial charge in [-0.1, -0.05) is 37.3 Å². The average molecular weight is 245 g/mol. The Bertz CT molecular complexity index is 459. The summed E-state index contributed by atoms with van der Waals surface area (Å²) >= 11 is 0. The Balaban J connectivity index is 1.80. The van der Waals surface area contributed by atoms with Crippen LogP contribution in [0.4, 0.5) is 0 Å². The molecule has 1 aromatic carbocycles. The maximum Gasteiger partial charge on any atom is 0.229 e. The first-order valence-electron chi connectivity index (χ1n) is 6.63. The summed E-state index contributed by atoms with van der Waals surface area (Å²) in [7, 11) is 0. The molecule has 2 fully saturated rings. The summed E-state index contributed by atoms with van der Waals surface area (Å²) in [6.07, 6.45) is 1.82. The second-order valence-corrected chi connectivity index (χ2v) is 5.72. The maximum atomic E-state index is 12.5. The van der Waals surface area contributed by atoms with Crippen molar-refractivity contribution in [1.82, 2.24) is 4.90 Å². The molecule has 0 bridgehead atoms. The number of benzene rings is 1. The van der Waals surface area contributed by atoms with Crippen molar-refractivity contribution >= 4 is 5.91 Å². The Morgan fingerprint density at radius 1 is 1.33 bits per heavy atom. The highest BCUT2D eigenvalue weighted by atomic mass is 16.3. The van der Waals surface area contributed by atoms with E-state index in [4.69, 9.17) is 0 Å². The fourth-order valence-electron chi connectivity index (χ4n) is 3.28. The number of hydrogen-bond acceptors (Lipinski definition) is 2. The summed E-state index contributed by atoms with van der Waals surface area (Å²) in [6.45, 7) is 2.84. The van der Waals surface area contributed by atoms with E-state index in [2.05, 4.69) is 6.92 Å². The molecule has 96 valence electrons. The lowest BCUT2D eigenvalue weighted by atomic mass is 10.00. The first-order valence-corrected chi connectivity index (χ1v) is 6.63. The molecule has 1 heterocycles.